The second-order valence-corrected chi connectivity index (χ2v) is 4.58. The van der Waals surface area contributed by atoms with E-state index in [1.807, 2.05) is 0 Å². The fourth-order valence-electron chi connectivity index (χ4n) is 1.09. The number of rotatable bonds is 5. The highest BCUT2D eigenvalue weighted by molar-refractivity contribution is 7.85. The summed E-state index contributed by atoms with van der Waals surface area (Å²) in [6.45, 7) is 0. The SMILES string of the molecule is COc1ccc(S(=O)CCC(=O)NO)cc1. The second kappa shape index (κ2) is 6.24. The molecule has 0 fully saturated rings. The van der Waals surface area contributed by atoms with Gasteiger partial charge in [0.2, 0.25) is 5.91 Å². The van der Waals surface area contributed by atoms with Gasteiger partial charge in [0, 0.05) is 17.1 Å². The number of ether oxygens (including phenoxy) is 1. The highest BCUT2D eigenvalue weighted by Gasteiger charge is 2.07. The van der Waals surface area contributed by atoms with E-state index in [-0.39, 0.29) is 12.2 Å². The molecule has 0 heterocycles. The zero-order valence-corrected chi connectivity index (χ0v) is 9.62. The molecule has 0 saturated carbocycles. The first-order chi connectivity index (χ1) is 7.67. The molecule has 88 valence electrons. The number of hydroxylamine groups is 1. The monoisotopic (exact) mass is 243 g/mol. The van der Waals surface area contributed by atoms with Gasteiger partial charge >= 0.3 is 0 Å². The maximum absolute atomic E-state index is 11.7. The van der Waals surface area contributed by atoms with Crippen LogP contribution in [0.5, 0.6) is 5.75 Å². The van der Waals surface area contributed by atoms with E-state index in [0.29, 0.717) is 10.6 Å². The average molecular weight is 243 g/mol. The minimum atomic E-state index is -1.24. The molecule has 1 rings (SSSR count). The number of hydrogen-bond donors (Lipinski definition) is 2. The topological polar surface area (TPSA) is 75.6 Å². The van der Waals surface area contributed by atoms with Crippen LogP contribution < -0.4 is 10.2 Å². The molecular weight excluding hydrogens is 230 g/mol. The van der Waals surface area contributed by atoms with Crippen molar-refractivity contribution in [1.82, 2.24) is 5.48 Å². The van der Waals surface area contributed by atoms with Gasteiger partial charge in [0.1, 0.15) is 5.75 Å². The summed E-state index contributed by atoms with van der Waals surface area (Å²) in [6.07, 6.45) is 0.0230. The molecule has 1 amide bonds. The number of hydrogen-bond acceptors (Lipinski definition) is 4. The van der Waals surface area contributed by atoms with E-state index in [9.17, 15) is 9.00 Å². The van der Waals surface area contributed by atoms with E-state index in [1.54, 1.807) is 31.4 Å². The van der Waals surface area contributed by atoms with E-state index in [0.717, 1.165) is 0 Å². The molecule has 16 heavy (non-hydrogen) atoms. The summed E-state index contributed by atoms with van der Waals surface area (Å²) in [5.74, 6) is 0.328. The van der Waals surface area contributed by atoms with Crippen molar-refractivity contribution in [1.29, 1.82) is 0 Å². The molecular formula is C10H13NO4S. The van der Waals surface area contributed by atoms with Crippen molar-refractivity contribution >= 4 is 16.7 Å². The summed E-state index contributed by atoms with van der Waals surface area (Å²) in [5.41, 5.74) is 1.50. The predicted molar refractivity (Wildman–Crippen MR) is 58.8 cm³/mol. The van der Waals surface area contributed by atoms with Gasteiger partial charge < -0.3 is 4.74 Å². The maximum atomic E-state index is 11.7. The first-order valence-corrected chi connectivity index (χ1v) is 5.94. The standard InChI is InChI=1S/C10H13NO4S/c1-15-8-2-4-9(5-3-8)16(14)7-6-10(12)11-13/h2-5,13H,6-7H2,1H3,(H,11,12). The third kappa shape index (κ3) is 3.63. The maximum Gasteiger partial charge on any atom is 0.244 e. The van der Waals surface area contributed by atoms with Crippen LogP contribution in [-0.2, 0) is 15.6 Å². The van der Waals surface area contributed by atoms with E-state index >= 15 is 0 Å². The van der Waals surface area contributed by atoms with Crippen molar-refractivity contribution < 1.29 is 18.9 Å². The summed E-state index contributed by atoms with van der Waals surface area (Å²) in [6, 6.07) is 6.79. The Kier molecular flexibility index (Phi) is 4.94. The van der Waals surface area contributed by atoms with Crippen LogP contribution in [0.2, 0.25) is 0 Å². The Morgan fingerprint density at radius 1 is 1.44 bits per heavy atom. The lowest BCUT2D eigenvalue weighted by atomic mass is 10.3. The lowest BCUT2D eigenvalue weighted by molar-refractivity contribution is -0.128. The molecule has 1 unspecified atom stereocenters. The van der Waals surface area contributed by atoms with Gasteiger partial charge in [-0.2, -0.15) is 0 Å². The Morgan fingerprint density at radius 2 is 2.06 bits per heavy atom. The van der Waals surface area contributed by atoms with Gasteiger partial charge in [-0.25, -0.2) is 5.48 Å². The van der Waals surface area contributed by atoms with Gasteiger partial charge in [-0.15, -0.1) is 0 Å². The molecule has 0 spiro atoms. The Morgan fingerprint density at radius 3 is 2.56 bits per heavy atom. The molecule has 0 aliphatic heterocycles. The average Bonchev–Trinajstić information content (AvgIpc) is 2.35. The highest BCUT2D eigenvalue weighted by atomic mass is 32.2. The summed E-state index contributed by atoms with van der Waals surface area (Å²) in [7, 11) is 0.310. The van der Waals surface area contributed by atoms with E-state index in [1.165, 1.54) is 5.48 Å². The molecule has 0 aliphatic rings. The number of amides is 1. The van der Waals surface area contributed by atoms with Crippen LogP contribution in [0, 0.1) is 0 Å². The van der Waals surface area contributed by atoms with Crippen molar-refractivity contribution in [2.45, 2.75) is 11.3 Å². The van der Waals surface area contributed by atoms with Crippen molar-refractivity contribution in [3.05, 3.63) is 24.3 Å². The molecule has 0 bridgehead atoms. The minimum Gasteiger partial charge on any atom is -0.497 e. The summed E-state index contributed by atoms with van der Waals surface area (Å²) in [4.78, 5) is 11.4. The molecule has 5 nitrogen and oxygen atoms in total. The van der Waals surface area contributed by atoms with Crippen molar-refractivity contribution in [3.8, 4) is 5.75 Å². The predicted octanol–water partition coefficient (Wildman–Crippen LogP) is 0.698. The molecule has 6 heteroatoms. The molecule has 0 radical (unpaired) electrons. The first kappa shape index (κ1) is 12.7. The normalized spacial score (nSPS) is 11.9. The number of carbonyl (C=O) groups excluding carboxylic acids is 1. The van der Waals surface area contributed by atoms with E-state index in [4.69, 9.17) is 9.94 Å². The zero-order chi connectivity index (χ0) is 12.0. The van der Waals surface area contributed by atoms with Crippen LogP contribution in [0.25, 0.3) is 0 Å². The molecule has 1 aromatic rings. The van der Waals surface area contributed by atoms with Gasteiger partial charge in [0.05, 0.1) is 17.9 Å². The highest BCUT2D eigenvalue weighted by Crippen LogP contribution is 2.14. The second-order valence-electron chi connectivity index (χ2n) is 3.01. The van der Waals surface area contributed by atoms with Crippen molar-refractivity contribution in [2.75, 3.05) is 12.9 Å². The Balaban J connectivity index is 2.56. The van der Waals surface area contributed by atoms with Crippen LogP contribution >= 0.6 is 0 Å². The van der Waals surface area contributed by atoms with Gasteiger partial charge in [-0.1, -0.05) is 0 Å². The molecule has 2 N–H and O–H groups in total. The third-order valence-electron chi connectivity index (χ3n) is 1.96. The summed E-state index contributed by atoms with van der Waals surface area (Å²) >= 11 is 0. The fraction of sp³-hybridized carbons (Fsp3) is 0.300. The first-order valence-electron chi connectivity index (χ1n) is 4.62. The van der Waals surface area contributed by atoms with Crippen molar-refractivity contribution in [2.24, 2.45) is 0 Å². The number of benzene rings is 1. The van der Waals surface area contributed by atoms with Crippen LogP contribution in [0.4, 0.5) is 0 Å². The molecule has 1 atom stereocenters. The van der Waals surface area contributed by atoms with Crippen LogP contribution in [-0.4, -0.2) is 28.2 Å². The van der Waals surface area contributed by atoms with E-state index in [2.05, 4.69) is 0 Å². The number of nitrogens with one attached hydrogen (secondary N) is 1. The molecule has 0 aromatic heterocycles. The summed E-state index contributed by atoms with van der Waals surface area (Å²) < 4.78 is 16.6. The lowest BCUT2D eigenvalue weighted by Crippen LogP contribution is -2.20. The summed E-state index contributed by atoms with van der Waals surface area (Å²) in [5, 5.41) is 8.27. The molecule has 0 saturated heterocycles. The minimum absolute atomic E-state index is 0.0230. The Bertz CT molecular complexity index is 377. The fourth-order valence-corrected chi connectivity index (χ4v) is 2.13. The Hall–Kier alpha value is -1.40. The van der Waals surface area contributed by atoms with Crippen molar-refractivity contribution in [3.63, 3.8) is 0 Å². The van der Waals surface area contributed by atoms with Crippen LogP contribution in [0.3, 0.4) is 0 Å². The van der Waals surface area contributed by atoms with E-state index < -0.39 is 16.7 Å². The Labute approximate surface area is 95.8 Å². The van der Waals surface area contributed by atoms with Gasteiger partial charge in [0.15, 0.2) is 0 Å². The zero-order valence-electron chi connectivity index (χ0n) is 8.80. The van der Waals surface area contributed by atoms with Gasteiger partial charge in [0.25, 0.3) is 0 Å². The smallest absolute Gasteiger partial charge is 0.244 e. The van der Waals surface area contributed by atoms with Crippen LogP contribution in [0.1, 0.15) is 6.42 Å². The molecule has 0 aliphatic carbocycles. The van der Waals surface area contributed by atoms with Gasteiger partial charge in [-0.05, 0) is 24.3 Å². The quantitative estimate of drug-likeness (QED) is 0.589. The largest absolute Gasteiger partial charge is 0.497 e. The lowest BCUT2D eigenvalue weighted by Gasteiger charge is -2.03. The number of carbonyl (C=O) groups is 1. The number of methoxy groups -OCH3 is 1. The molecule has 1 aromatic carbocycles. The van der Waals surface area contributed by atoms with Crippen LogP contribution in [0.15, 0.2) is 29.2 Å². The van der Waals surface area contributed by atoms with Gasteiger partial charge in [-0.3, -0.25) is 14.2 Å². The third-order valence-corrected chi connectivity index (χ3v) is 3.33.